The normalized spacial score (nSPS) is 19.6. The number of carbonyl (C=O) groups excluding carboxylic acids is 1. The third-order valence-electron chi connectivity index (χ3n) is 3.92. The number of nitrogens with zero attached hydrogens (tertiary/aromatic N) is 3. The van der Waals surface area contributed by atoms with Crippen molar-refractivity contribution in [1.29, 1.82) is 0 Å². The van der Waals surface area contributed by atoms with Crippen LogP contribution in [0.4, 0.5) is 0 Å². The molecular weight excluding hydrogens is 282 g/mol. The molecule has 0 aliphatic carbocycles. The molecular formula is C16H25N3O3. The zero-order chi connectivity index (χ0) is 16.1. The van der Waals surface area contributed by atoms with Crippen molar-refractivity contribution in [3.8, 4) is 5.75 Å². The average Bonchev–Trinajstić information content (AvgIpc) is 2.48. The minimum absolute atomic E-state index is 0.00352. The zero-order valence-corrected chi connectivity index (χ0v) is 13.3. The lowest BCUT2D eigenvalue weighted by atomic mass is 10.1. The van der Waals surface area contributed by atoms with Crippen LogP contribution in [0.1, 0.15) is 30.6 Å². The minimum atomic E-state index is -0.115. The lowest BCUT2D eigenvalue weighted by molar-refractivity contribution is 0.0384. The fraction of sp³-hybridized carbons (Fsp3) is 0.625. The molecule has 1 amide bonds. The van der Waals surface area contributed by atoms with Crippen molar-refractivity contribution in [3.05, 3.63) is 24.0 Å². The first kappa shape index (κ1) is 16.7. The molecule has 122 valence electrons. The molecule has 1 saturated heterocycles. The maximum atomic E-state index is 12.5. The van der Waals surface area contributed by atoms with Crippen LogP contribution in [0.25, 0.3) is 0 Å². The Morgan fingerprint density at radius 2 is 2.18 bits per heavy atom. The van der Waals surface area contributed by atoms with Crippen molar-refractivity contribution in [1.82, 2.24) is 14.8 Å². The van der Waals surface area contributed by atoms with Gasteiger partial charge in [0.25, 0.3) is 5.91 Å². The Kier molecular flexibility index (Phi) is 5.74. The van der Waals surface area contributed by atoms with E-state index >= 15 is 0 Å². The Balaban J connectivity index is 2.06. The number of aliphatic hydroxyl groups excluding tert-OH is 1. The maximum absolute atomic E-state index is 12.5. The van der Waals surface area contributed by atoms with Crippen LogP contribution < -0.4 is 0 Å². The number of hydrogen-bond donors (Lipinski definition) is 2. The second-order valence-corrected chi connectivity index (χ2v) is 6.24. The van der Waals surface area contributed by atoms with Crippen molar-refractivity contribution < 1.29 is 15.0 Å². The van der Waals surface area contributed by atoms with Gasteiger partial charge in [0, 0.05) is 45.0 Å². The van der Waals surface area contributed by atoms with E-state index in [0.717, 1.165) is 13.1 Å². The molecule has 1 aliphatic heterocycles. The van der Waals surface area contributed by atoms with E-state index in [1.165, 1.54) is 18.5 Å². The van der Waals surface area contributed by atoms with Crippen LogP contribution >= 0.6 is 0 Å². The molecule has 1 aromatic heterocycles. The predicted octanol–water partition coefficient (Wildman–Crippen LogP) is 0.952. The fourth-order valence-corrected chi connectivity index (χ4v) is 2.94. The Morgan fingerprint density at radius 3 is 2.82 bits per heavy atom. The van der Waals surface area contributed by atoms with Crippen molar-refractivity contribution in [2.75, 3.05) is 32.8 Å². The molecule has 0 bridgehead atoms. The first-order valence-electron chi connectivity index (χ1n) is 7.79. The Labute approximate surface area is 131 Å². The van der Waals surface area contributed by atoms with Gasteiger partial charge in [-0.05, 0) is 18.4 Å². The van der Waals surface area contributed by atoms with Gasteiger partial charge in [0.2, 0.25) is 0 Å². The molecule has 1 aliphatic rings. The van der Waals surface area contributed by atoms with Crippen LogP contribution in [0.5, 0.6) is 5.75 Å². The second-order valence-electron chi connectivity index (χ2n) is 6.24. The summed E-state index contributed by atoms with van der Waals surface area (Å²) >= 11 is 0. The highest BCUT2D eigenvalue weighted by Crippen LogP contribution is 2.18. The quantitative estimate of drug-likeness (QED) is 0.847. The van der Waals surface area contributed by atoms with E-state index in [1.54, 1.807) is 4.90 Å². The molecule has 2 heterocycles. The molecule has 0 unspecified atom stereocenters. The van der Waals surface area contributed by atoms with Gasteiger partial charge in [-0.2, -0.15) is 0 Å². The van der Waals surface area contributed by atoms with E-state index in [0.29, 0.717) is 31.0 Å². The molecule has 2 rings (SSSR count). The van der Waals surface area contributed by atoms with Gasteiger partial charge >= 0.3 is 0 Å². The zero-order valence-electron chi connectivity index (χ0n) is 13.3. The molecule has 1 fully saturated rings. The number of hydrogen-bond acceptors (Lipinski definition) is 5. The van der Waals surface area contributed by atoms with Gasteiger partial charge in [-0.1, -0.05) is 13.8 Å². The van der Waals surface area contributed by atoms with Gasteiger partial charge < -0.3 is 15.1 Å². The maximum Gasteiger partial charge on any atom is 0.255 e. The van der Waals surface area contributed by atoms with Gasteiger partial charge in [0.15, 0.2) is 0 Å². The van der Waals surface area contributed by atoms with Crippen LogP contribution in [0.2, 0.25) is 0 Å². The van der Waals surface area contributed by atoms with E-state index in [4.69, 9.17) is 0 Å². The van der Waals surface area contributed by atoms with Crippen molar-refractivity contribution in [3.63, 3.8) is 0 Å². The van der Waals surface area contributed by atoms with Gasteiger partial charge in [0.05, 0.1) is 11.8 Å². The molecule has 1 aromatic rings. The van der Waals surface area contributed by atoms with Crippen LogP contribution in [-0.2, 0) is 0 Å². The van der Waals surface area contributed by atoms with Gasteiger partial charge in [-0.3, -0.25) is 14.7 Å². The highest BCUT2D eigenvalue weighted by Gasteiger charge is 2.30. The summed E-state index contributed by atoms with van der Waals surface area (Å²) in [7, 11) is 0. The summed E-state index contributed by atoms with van der Waals surface area (Å²) in [5.41, 5.74) is 0.403. The Bertz CT molecular complexity index is 507. The van der Waals surface area contributed by atoms with E-state index in [2.05, 4.69) is 23.7 Å². The number of piperazine rings is 1. The summed E-state index contributed by atoms with van der Waals surface area (Å²) in [6, 6.07) is 1.62. The van der Waals surface area contributed by atoms with Gasteiger partial charge in [-0.15, -0.1) is 0 Å². The number of aliphatic hydroxyl groups is 1. The van der Waals surface area contributed by atoms with E-state index in [1.807, 2.05) is 0 Å². The number of rotatable bonds is 5. The SMILES string of the molecule is CC(C)CN1CCN(C(=O)c2cncc(O)c2)C[C@@H]1CCO. The van der Waals surface area contributed by atoms with E-state index in [-0.39, 0.29) is 24.3 Å². The molecule has 2 N–H and O–H groups in total. The molecule has 0 spiro atoms. The molecule has 22 heavy (non-hydrogen) atoms. The highest BCUT2D eigenvalue weighted by molar-refractivity contribution is 5.94. The molecule has 0 saturated carbocycles. The molecule has 0 radical (unpaired) electrons. The summed E-state index contributed by atoms with van der Waals surface area (Å²) in [5.74, 6) is 0.436. The Hall–Kier alpha value is -1.66. The van der Waals surface area contributed by atoms with E-state index < -0.39 is 0 Å². The largest absolute Gasteiger partial charge is 0.506 e. The first-order chi connectivity index (χ1) is 10.5. The second kappa shape index (κ2) is 7.56. The summed E-state index contributed by atoms with van der Waals surface area (Å²) < 4.78 is 0. The minimum Gasteiger partial charge on any atom is -0.506 e. The third kappa shape index (κ3) is 4.18. The number of amides is 1. The Morgan fingerprint density at radius 1 is 1.41 bits per heavy atom. The smallest absolute Gasteiger partial charge is 0.255 e. The lowest BCUT2D eigenvalue weighted by Crippen LogP contribution is -2.55. The summed E-state index contributed by atoms with van der Waals surface area (Å²) in [4.78, 5) is 20.5. The number of pyridine rings is 1. The lowest BCUT2D eigenvalue weighted by Gasteiger charge is -2.42. The standard InChI is InChI=1S/C16H25N3O3/c1-12(2)10-18-4-5-19(11-14(18)3-6-20)16(22)13-7-15(21)9-17-8-13/h7-9,12,14,20-21H,3-6,10-11H2,1-2H3/t14-/m0/s1. The van der Waals surface area contributed by atoms with Crippen molar-refractivity contribution >= 4 is 5.91 Å². The topological polar surface area (TPSA) is 76.9 Å². The average molecular weight is 307 g/mol. The highest BCUT2D eigenvalue weighted by atomic mass is 16.3. The molecule has 6 nitrogen and oxygen atoms in total. The van der Waals surface area contributed by atoms with Crippen LogP contribution in [0.3, 0.4) is 0 Å². The van der Waals surface area contributed by atoms with Crippen molar-refractivity contribution in [2.45, 2.75) is 26.3 Å². The van der Waals surface area contributed by atoms with Crippen molar-refractivity contribution in [2.24, 2.45) is 5.92 Å². The summed E-state index contributed by atoms with van der Waals surface area (Å²) in [6.45, 7) is 7.50. The van der Waals surface area contributed by atoms with Crippen LogP contribution in [0, 0.1) is 5.92 Å². The number of aromatic nitrogens is 1. The number of aromatic hydroxyl groups is 1. The van der Waals surface area contributed by atoms with Crippen LogP contribution in [0.15, 0.2) is 18.5 Å². The van der Waals surface area contributed by atoms with E-state index in [9.17, 15) is 15.0 Å². The third-order valence-corrected chi connectivity index (χ3v) is 3.92. The molecule has 1 atom stereocenters. The van der Waals surface area contributed by atoms with Crippen LogP contribution in [-0.4, -0.2) is 69.7 Å². The first-order valence-corrected chi connectivity index (χ1v) is 7.79. The monoisotopic (exact) mass is 307 g/mol. The summed E-state index contributed by atoms with van der Waals surface area (Å²) in [6.07, 6.45) is 3.45. The molecule has 0 aromatic carbocycles. The number of carbonyl (C=O) groups is 1. The summed E-state index contributed by atoms with van der Waals surface area (Å²) in [5, 5.41) is 18.7. The van der Waals surface area contributed by atoms with Gasteiger partial charge in [0.1, 0.15) is 5.75 Å². The fourth-order valence-electron chi connectivity index (χ4n) is 2.94. The molecule has 6 heteroatoms. The predicted molar refractivity (Wildman–Crippen MR) is 83.7 cm³/mol. The van der Waals surface area contributed by atoms with Gasteiger partial charge in [-0.25, -0.2) is 0 Å².